The summed E-state index contributed by atoms with van der Waals surface area (Å²) in [5.41, 5.74) is 5.76. The Bertz CT molecular complexity index is 701. The summed E-state index contributed by atoms with van der Waals surface area (Å²) in [6.07, 6.45) is 0.613. The Kier molecular flexibility index (Phi) is 3.11. The molecule has 2 aromatic rings. The maximum Gasteiger partial charge on any atom is 0.310 e. The van der Waals surface area contributed by atoms with E-state index in [-0.39, 0.29) is 12.2 Å². The highest BCUT2D eigenvalue weighted by atomic mass is 16.4. The zero-order chi connectivity index (χ0) is 14.1. The molecule has 0 aliphatic heterocycles. The quantitative estimate of drug-likeness (QED) is 0.739. The van der Waals surface area contributed by atoms with E-state index in [1.165, 1.54) is 16.7 Å². The van der Waals surface area contributed by atoms with Gasteiger partial charge in [0.05, 0.1) is 0 Å². The molecule has 0 aromatic heterocycles. The number of hydrogen-bond acceptors (Lipinski definition) is 2. The number of carboxylic acids is 1. The predicted octanol–water partition coefficient (Wildman–Crippen LogP) is 2.84. The molecule has 0 heterocycles. The molecule has 1 N–H and O–H groups in total. The van der Waals surface area contributed by atoms with E-state index < -0.39 is 12.4 Å². The lowest BCUT2D eigenvalue weighted by atomic mass is 9.97. The minimum atomic E-state index is -1.06. The largest absolute Gasteiger partial charge is 0.481 e. The fourth-order valence-corrected chi connectivity index (χ4v) is 2.83. The molecule has 20 heavy (non-hydrogen) atoms. The van der Waals surface area contributed by atoms with Gasteiger partial charge in [-0.3, -0.25) is 9.59 Å². The topological polar surface area (TPSA) is 54.4 Å². The molecule has 2 aromatic carbocycles. The third kappa shape index (κ3) is 2.23. The van der Waals surface area contributed by atoms with E-state index in [1.54, 1.807) is 0 Å². The zero-order valence-corrected chi connectivity index (χ0v) is 10.9. The summed E-state index contributed by atoms with van der Waals surface area (Å²) in [5, 5.41) is 8.68. The van der Waals surface area contributed by atoms with Gasteiger partial charge in [0.15, 0.2) is 0 Å². The van der Waals surface area contributed by atoms with E-state index in [9.17, 15) is 9.59 Å². The van der Waals surface area contributed by atoms with Gasteiger partial charge in [-0.15, -0.1) is 0 Å². The van der Waals surface area contributed by atoms with Crippen LogP contribution in [-0.2, 0) is 22.4 Å². The molecule has 3 heteroatoms. The SMILES string of the molecule is O=C(O)CC(=O)Cc1cccc2c1Cc1ccccc1-2. The summed E-state index contributed by atoms with van der Waals surface area (Å²) in [6.45, 7) is 0. The molecule has 3 rings (SSSR count). The summed E-state index contributed by atoms with van der Waals surface area (Å²) < 4.78 is 0. The molecular weight excluding hydrogens is 252 g/mol. The first-order valence-electron chi connectivity index (χ1n) is 6.57. The van der Waals surface area contributed by atoms with Crippen molar-refractivity contribution in [2.75, 3.05) is 0 Å². The molecule has 0 radical (unpaired) electrons. The van der Waals surface area contributed by atoms with Crippen LogP contribution in [0, 0.1) is 0 Å². The maximum atomic E-state index is 11.7. The van der Waals surface area contributed by atoms with Crippen molar-refractivity contribution in [1.82, 2.24) is 0 Å². The smallest absolute Gasteiger partial charge is 0.310 e. The van der Waals surface area contributed by atoms with Crippen LogP contribution < -0.4 is 0 Å². The number of hydrogen-bond donors (Lipinski definition) is 1. The first-order chi connectivity index (χ1) is 9.65. The fraction of sp³-hybridized carbons (Fsp3) is 0.176. The molecule has 1 aliphatic carbocycles. The molecule has 1 aliphatic rings. The molecule has 0 atom stereocenters. The third-order valence-electron chi connectivity index (χ3n) is 3.68. The molecular formula is C17H14O3. The summed E-state index contributed by atoms with van der Waals surface area (Å²) >= 11 is 0. The van der Waals surface area contributed by atoms with Crippen molar-refractivity contribution in [2.45, 2.75) is 19.3 Å². The number of Topliss-reactive ketones (excluding diaryl/α,β-unsaturated/α-hetero) is 1. The normalized spacial score (nSPS) is 11.8. The van der Waals surface area contributed by atoms with Gasteiger partial charge in [-0.05, 0) is 34.2 Å². The third-order valence-corrected chi connectivity index (χ3v) is 3.68. The average molecular weight is 266 g/mol. The van der Waals surface area contributed by atoms with E-state index in [1.807, 2.05) is 24.3 Å². The van der Waals surface area contributed by atoms with Gasteiger partial charge in [0, 0.05) is 6.42 Å². The van der Waals surface area contributed by atoms with E-state index in [0.29, 0.717) is 0 Å². The van der Waals surface area contributed by atoms with Crippen molar-refractivity contribution in [3.63, 3.8) is 0 Å². The van der Waals surface area contributed by atoms with Crippen LogP contribution in [0.4, 0.5) is 0 Å². The van der Waals surface area contributed by atoms with Gasteiger partial charge in [0.1, 0.15) is 12.2 Å². The van der Waals surface area contributed by atoms with E-state index >= 15 is 0 Å². The van der Waals surface area contributed by atoms with E-state index in [0.717, 1.165) is 17.5 Å². The number of aliphatic carboxylic acids is 1. The minimum Gasteiger partial charge on any atom is -0.481 e. The van der Waals surface area contributed by atoms with Crippen molar-refractivity contribution in [1.29, 1.82) is 0 Å². The lowest BCUT2D eigenvalue weighted by Crippen LogP contribution is -2.10. The molecule has 0 saturated carbocycles. The second-order valence-corrected chi connectivity index (χ2v) is 5.06. The molecule has 0 spiro atoms. The number of rotatable bonds is 4. The van der Waals surface area contributed by atoms with Gasteiger partial charge < -0.3 is 5.11 Å². The Morgan fingerprint density at radius 2 is 1.75 bits per heavy atom. The molecule has 0 unspecified atom stereocenters. The zero-order valence-electron chi connectivity index (χ0n) is 10.9. The highest BCUT2D eigenvalue weighted by Crippen LogP contribution is 2.38. The summed E-state index contributed by atoms with van der Waals surface area (Å²) in [5.74, 6) is -1.31. The van der Waals surface area contributed by atoms with Crippen LogP contribution in [0.2, 0.25) is 0 Å². The monoisotopic (exact) mass is 266 g/mol. The van der Waals surface area contributed by atoms with Crippen molar-refractivity contribution in [3.8, 4) is 11.1 Å². The summed E-state index contributed by atoms with van der Waals surface area (Å²) in [7, 11) is 0. The van der Waals surface area contributed by atoms with Crippen LogP contribution in [0.3, 0.4) is 0 Å². The first kappa shape index (κ1) is 12.6. The fourth-order valence-electron chi connectivity index (χ4n) is 2.83. The van der Waals surface area contributed by atoms with E-state index in [2.05, 4.69) is 18.2 Å². The molecule has 3 nitrogen and oxygen atoms in total. The van der Waals surface area contributed by atoms with Gasteiger partial charge in [-0.1, -0.05) is 42.5 Å². The molecule has 0 bridgehead atoms. The lowest BCUT2D eigenvalue weighted by molar-refractivity contribution is -0.140. The van der Waals surface area contributed by atoms with Gasteiger partial charge >= 0.3 is 5.97 Å². The highest BCUT2D eigenvalue weighted by Gasteiger charge is 2.21. The number of fused-ring (bicyclic) bond motifs is 3. The Labute approximate surface area is 116 Å². The first-order valence-corrected chi connectivity index (χ1v) is 6.57. The highest BCUT2D eigenvalue weighted by molar-refractivity contribution is 5.96. The maximum absolute atomic E-state index is 11.7. The summed E-state index contributed by atoms with van der Waals surface area (Å²) in [6, 6.07) is 14.1. The van der Waals surface area contributed by atoms with Gasteiger partial charge in [-0.25, -0.2) is 0 Å². The molecule has 0 amide bonds. The van der Waals surface area contributed by atoms with Crippen molar-refractivity contribution < 1.29 is 14.7 Å². The van der Waals surface area contributed by atoms with Crippen molar-refractivity contribution in [2.24, 2.45) is 0 Å². The molecule has 100 valence electrons. The average Bonchev–Trinajstić information content (AvgIpc) is 2.78. The predicted molar refractivity (Wildman–Crippen MR) is 75.6 cm³/mol. The van der Waals surface area contributed by atoms with Crippen molar-refractivity contribution in [3.05, 3.63) is 59.2 Å². The van der Waals surface area contributed by atoms with Crippen molar-refractivity contribution >= 4 is 11.8 Å². The van der Waals surface area contributed by atoms with Crippen LogP contribution in [0.5, 0.6) is 0 Å². The molecule has 0 fully saturated rings. The Morgan fingerprint density at radius 1 is 1.00 bits per heavy atom. The Balaban J connectivity index is 1.93. The van der Waals surface area contributed by atoms with Crippen LogP contribution in [0.25, 0.3) is 11.1 Å². The van der Waals surface area contributed by atoms with Crippen LogP contribution in [0.1, 0.15) is 23.1 Å². The number of carbonyl (C=O) groups is 2. The Morgan fingerprint density at radius 3 is 2.55 bits per heavy atom. The minimum absolute atomic E-state index is 0.198. The number of ketones is 1. The van der Waals surface area contributed by atoms with Crippen LogP contribution in [-0.4, -0.2) is 16.9 Å². The second kappa shape index (κ2) is 4.93. The van der Waals surface area contributed by atoms with Gasteiger partial charge in [0.25, 0.3) is 0 Å². The molecule has 0 saturated heterocycles. The second-order valence-electron chi connectivity index (χ2n) is 5.06. The number of benzene rings is 2. The lowest BCUT2D eigenvalue weighted by Gasteiger charge is -2.07. The summed E-state index contributed by atoms with van der Waals surface area (Å²) in [4.78, 5) is 22.3. The van der Waals surface area contributed by atoms with Gasteiger partial charge in [-0.2, -0.15) is 0 Å². The van der Waals surface area contributed by atoms with Gasteiger partial charge in [0.2, 0.25) is 0 Å². The van der Waals surface area contributed by atoms with Crippen LogP contribution >= 0.6 is 0 Å². The number of carbonyl (C=O) groups excluding carboxylic acids is 1. The number of carboxylic acid groups (broad SMARTS) is 1. The van der Waals surface area contributed by atoms with E-state index in [4.69, 9.17) is 5.11 Å². The standard InChI is InChI=1S/C17H14O3/c18-13(10-17(19)20)8-11-5-3-7-15-14-6-2-1-4-12(14)9-16(11)15/h1-7H,8-10H2,(H,19,20). The van der Waals surface area contributed by atoms with Crippen LogP contribution in [0.15, 0.2) is 42.5 Å². The Hall–Kier alpha value is -2.42.